The van der Waals surface area contributed by atoms with Gasteiger partial charge in [0, 0.05) is 19.6 Å². The van der Waals surface area contributed by atoms with Crippen molar-refractivity contribution in [3.63, 3.8) is 0 Å². The van der Waals surface area contributed by atoms with Crippen molar-refractivity contribution in [2.45, 2.75) is 103 Å². The molecule has 1 aromatic heterocycles. The molecule has 1 heterocycles. The molecule has 0 saturated heterocycles. The number of ketones is 1. The number of hydrogen-bond acceptors (Lipinski definition) is 6. The number of ether oxygens (including phenoxy) is 1. The minimum absolute atomic E-state index is 0.0772. The molecule has 0 radical (unpaired) electrons. The van der Waals surface area contributed by atoms with Crippen molar-refractivity contribution in [2.75, 3.05) is 13.7 Å². The Bertz CT molecular complexity index is 1120. The molecular weight excluding hydrogens is 495 g/mol. The van der Waals surface area contributed by atoms with Crippen LogP contribution in [0.2, 0.25) is 0 Å². The second kappa shape index (κ2) is 13.0. The van der Waals surface area contributed by atoms with Crippen LogP contribution in [0.25, 0.3) is 11.0 Å². The highest BCUT2D eigenvalue weighted by molar-refractivity contribution is 5.84. The highest BCUT2D eigenvalue weighted by Crippen LogP contribution is 2.54. The molecule has 216 valence electrons. The molecule has 0 aliphatic heterocycles. The molecule has 0 bridgehead atoms. The quantitative estimate of drug-likeness (QED) is 0.213. The van der Waals surface area contributed by atoms with Crippen LogP contribution < -0.4 is 0 Å². The number of carbonyl (C=O) groups excluding carboxylic acids is 1. The monoisotopic (exact) mass is 542 g/mol. The summed E-state index contributed by atoms with van der Waals surface area (Å²) >= 11 is 0. The third-order valence-corrected chi connectivity index (χ3v) is 9.74. The van der Waals surface area contributed by atoms with Crippen LogP contribution in [0.15, 0.2) is 18.2 Å². The maximum Gasteiger partial charge on any atom is 0.157 e. The van der Waals surface area contributed by atoms with Crippen molar-refractivity contribution in [1.82, 2.24) is 15.0 Å². The molecule has 2 saturated carbocycles. The molecule has 2 fully saturated rings. The van der Waals surface area contributed by atoms with E-state index in [-0.39, 0.29) is 29.2 Å². The number of fused-ring (bicyclic) bond motifs is 2. The second-order valence-electron chi connectivity index (χ2n) is 12.9. The molecule has 2 aliphatic carbocycles. The van der Waals surface area contributed by atoms with E-state index in [1.165, 1.54) is 23.4 Å². The number of benzene rings is 1. The van der Waals surface area contributed by atoms with E-state index in [1.54, 1.807) is 19.2 Å². The van der Waals surface area contributed by atoms with Crippen molar-refractivity contribution in [3.05, 3.63) is 24.0 Å². The van der Waals surface area contributed by atoms with Gasteiger partial charge in [0.25, 0.3) is 0 Å². The Morgan fingerprint density at radius 3 is 2.92 bits per heavy atom. The molecular formula is C31H47FN4O3. The van der Waals surface area contributed by atoms with Crippen molar-refractivity contribution >= 4 is 23.0 Å². The number of methoxy groups -OCH3 is 1. The van der Waals surface area contributed by atoms with Crippen LogP contribution in [0.4, 0.5) is 4.39 Å². The smallest absolute Gasteiger partial charge is 0.157 e. The van der Waals surface area contributed by atoms with Crippen LogP contribution in [0.1, 0.15) is 90.9 Å². The third kappa shape index (κ3) is 7.31. The summed E-state index contributed by atoms with van der Waals surface area (Å²) in [7, 11) is 1.72. The number of unbranched alkanes of at least 4 members (excludes halogenated alkanes) is 1. The van der Waals surface area contributed by atoms with Gasteiger partial charge in [-0.15, -0.1) is 5.10 Å². The van der Waals surface area contributed by atoms with Crippen molar-refractivity contribution in [3.8, 4) is 0 Å². The lowest BCUT2D eigenvalue weighted by atomic mass is 9.55. The zero-order valence-electron chi connectivity index (χ0n) is 24.0. The first kappa shape index (κ1) is 29.8. The Balaban J connectivity index is 1.38. The summed E-state index contributed by atoms with van der Waals surface area (Å²) in [6, 6.07) is 4.73. The minimum Gasteiger partial charge on any atom is -0.390 e. The zero-order chi connectivity index (χ0) is 28.0. The van der Waals surface area contributed by atoms with Crippen LogP contribution >= 0.6 is 0 Å². The van der Waals surface area contributed by atoms with E-state index in [2.05, 4.69) is 17.2 Å². The fourth-order valence-corrected chi connectivity index (χ4v) is 7.72. The fraction of sp³-hybridized carbons (Fsp3) is 0.742. The lowest BCUT2D eigenvalue weighted by Crippen LogP contribution is -2.43. The van der Waals surface area contributed by atoms with Gasteiger partial charge >= 0.3 is 0 Å². The number of hydrogen-bond donors (Lipinski definition) is 2. The van der Waals surface area contributed by atoms with Gasteiger partial charge in [0.15, 0.2) is 11.6 Å². The van der Waals surface area contributed by atoms with E-state index < -0.39 is 11.4 Å². The molecule has 2 aromatic rings. The van der Waals surface area contributed by atoms with E-state index in [4.69, 9.17) is 10.1 Å². The van der Waals surface area contributed by atoms with Gasteiger partial charge < -0.3 is 15.3 Å². The maximum absolute atomic E-state index is 14.1. The summed E-state index contributed by atoms with van der Waals surface area (Å²) in [5.41, 5.74) is -0.00916. The normalized spacial score (nSPS) is 27.6. The van der Waals surface area contributed by atoms with Gasteiger partial charge in [-0.25, -0.2) is 9.07 Å². The average molecular weight is 543 g/mol. The molecule has 8 heteroatoms. The highest BCUT2D eigenvalue weighted by Gasteiger charge is 2.46. The van der Waals surface area contributed by atoms with Crippen LogP contribution in [0, 0.1) is 40.3 Å². The number of nitrogens with zero attached hydrogens (tertiary/aromatic N) is 3. The van der Waals surface area contributed by atoms with E-state index >= 15 is 0 Å². The van der Waals surface area contributed by atoms with Crippen LogP contribution in [-0.2, 0) is 16.1 Å². The minimum atomic E-state index is -0.618. The van der Waals surface area contributed by atoms with E-state index in [1.807, 2.05) is 6.92 Å². The summed E-state index contributed by atoms with van der Waals surface area (Å²) in [4.78, 5) is 13.8. The first-order chi connectivity index (χ1) is 18.7. The van der Waals surface area contributed by atoms with Crippen molar-refractivity contribution < 1.29 is 19.0 Å². The molecule has 0 unspecified atom stereocenters. The van der Waals surface area contributed by atoms with Crippen molar-refractivity contribution in [1.29, 1.82) is 5.41 Å². The Morgan fingerprint density at radius 2 is 2.15 bits per heavy atom. The summed E-state index contributed by atoms with van der Waals surface area (Å²) in [6.45, 7) is 5.09. The van der Waals surface area contributed by atoms with Gasteiger partial charge in [0.05, 0.1) is 11.1 Å². The number of halogens is 1. The average Bonchev–Trinajstić information content (AvgIpc) is 3.30. The van der Waals surface area contributed by atoms with Gasteiger partial charge in [0.1, 0.15) is 12.1 Å². The largest absolute Gasteiger partial charge is 0.390 e. The Labute approximate surface area is 232 Å². The number of rotatable bonds is 14. The van der Waals surface area contributed by atoms with Gasteiger partial charge in [-0.05, 0) is 119 Å². The Kier molecular flexibility index (Phi) is 9.92. The summed E-state index contributed by atoms with van der Waals surface area (Å²) in [5.74, 6) is 1.32. The Hall–Kier alpha value is -2.19. The van der Waals surface area contributed by atoms with Crippen LogP contribution in [0.3, 0.4) is 0 Å². The van der Waals surface area contributed by atoms with Crippen molar-refractivity contribution in [2.24, 2.45) is 29.1 Å². The number of nitrogens with one attached hydrogen (secondary N) is 1. The number of aliphatic hydroxyl groups is 1. The fourth-order valence-electron chi connectivity index (χ4n) is 7.72. The van der Waals surface area contributed by atoms with E-state index in [9.17, 15) is 14.3 Å². The molecule has 0 spiro atoms. The predicted molar refractivity (Wildman–Crippen MR) is 151 cm³/mol. The van der Waals surface area contributed by atoms with Gasteiger partial charge in [0.2, 0.25) is 0 Å². The second-order valence-corrected chi connectivity index (χ2v) is 12.9. The topological polar surface area (TPSA) is 101 Å². The molecule has 4 rings (SSSR count). The maximum atomic E-state index is 14.1. The highest BCUT2D eigenvalue weighted by atomic mass is 19.1. The van der Waals surface area contributed by atoms with Crippen LogP contribution in [0.5, 0.6) is 0 Å². The molecule has 0 amide bonds. The Morgan fingerprint density at radius 1 is 1.33 bits per heavy atom. The summed E-state index contributed by atoms with van der Waals surface area (Å²) in [6.07, 6.45) is 12.9. The molecule has 7 nitrogen and oxygen atoms in total. The summed E-state index contributed by atoms with van der Waals surface area (Å²) < 4.78 is 20.8. The van der Waals surface area contributed by atoms with Gasteiger partial charge in [-0.3, -0.25) is 4.79 Å². The first-order valence-corrected chi connectivity index (χ1v) is 14.9. The molecule has 6 atom stereocenters. The SMILES string of the molecule is COCCCC[C@@](C)(O)C[C@H]1CC[C@H]2C[C@@](C)([C@H](CCC=N)C(=O)Cn3nnc4c(F)cccc43)CC[C@@H]2C1. The third-order valence-electron chi connectivity index (χ3n) is 9.74. The molecule has 2 N–H and O–H groups in total. The zero-order valence-corrected chi connectivity index (χ0v) is 24.0. The van der Waals surface area contributed by atoms with E-state index in [0.717, 1.165) is 64.4 Å². The lowest BCUT2D eigenvalue weighted by Gasteiger charge is -2.50. The van der Waals surface area contributed by atoms with Crippen LogP contribution in [-0.4, -0.2) is 51.4 Å². The molecule has 39 heavy (non-hydrogen) atoms. The lowest BCUT2D eigenvalue weighted by molar-refractivity contribution is -0.130. The molecule has 2 aliphatic rings. The standard InChI is InChI=1S/C31H47FN4O3/c1-30(25(8-7-16-33)28(37)21-36-27-10-6-9-26(32)29(27)34-35-36)15-13-23-18-22(11-12-24(23)20-30)19-31(2,38)14-4-5-17-39-3/h6,9-10,16,22-25,33,38H,4-5,7-8,11-15,17-21H2,1-3H3/t22-,23+,24-,25+,30-,31+/m0/s1. The van der Waals surface area contributed by atoms with E-state index in [0.29, 0.717) is 36.1 Å². The predicted octanol–water partition coefficient (Wildman–Crippen LogP) is 6.37. The van der Waals surface area contributed by atoms with Gasteiger partial charge in [-0.1, -0.05) is 24.6 Å². The first-order valence-electron chi connectivity index (χ1n) is 14.9. The number of Topliss-reactive ketones (excluding diaryl/α,β-unsaturated/α-hetero) is 1. The summed E-state index contributed by atoms with van der Waals surface area (Å²) in [5, 5.41) is 26.7. The molecule has 1 aromatic carbocycles. The number of aromatic nitrogens is 3. The number of carbonyl (C=O) groups is 1. The van der Waals surface area contributed by atoms with Gasteiger partial charge in [-0.2, -0.15) is 0 Å².